The van der Waals surface area contributed by atoms with Crippen LogP contribution >= 0.6 is 36.7 Å². The summed E-state index contributed by atoms with van der Waals surface area (Å²) in [5.41, 5.74) is 1.94. The van der Waals surface area contributed by atoms with Gasteiger partial charge in [-0.2, -0.15) is 0 Å². The van der Waals surface area contributed by atoms with Crippen molar-refractivity contribution in [2.45, 2.75) is 11.3 Å². The monoisotopic (exact) mass is 652 g/mol. The average molecular weight is 653 g/mol. The molecular weight excluding hydrogens is 625 g/mol. The lowest BCUT2D eigenvalue weighted by atomic mass is 10.1. The average Bonchev–Trinajstić information content (AvgIpc) is 3.50. The van der Waals surface area contributed by atoms with Crippen molar-refractivity contribution >= 4 is 110 Å². The van der Waals surface area contributed by atoms with Gasteiger partial charge in [-0.25, -0.2) is 23.3 Å². The zero-order valence-corrected chi connectivity index (χ0v) is 26.2. The quantitative estimate of drug-likeness (QED) is 0.121. The van der Waals surface area contributed by atoms with Gasteiger partial charge in [0.2, 0.25) is 21.7 Å². The molecule has 0 spiro atoms. The van der Waals surface area contributed by atoms with Crippen molar-refractivity contribution in [2.75, 3.05) is 13.7 Å². The fraction of sp³-hybridized carbons (Fsp3) is 0.100. The Morgan fingerprint density at radius 1 is 0.860 bits per heavy atom. The molecule has 0 bridgehead atoms. The van der Waals surface area contributed by atoms with Crippen LogP contribution in [0.2, 0.25) is 0 Å². The molecule has 2 N–H and O–H groups in total. The number of ether oxygens (including phenoxy) is 1. The summed E-state index contributed by atoms with van der Waals surface area (Å²) < 4.78 is 31.4. The topological polar surface area (TPSA) is 137 Å². The fourth-order valence-corrected chi connectivity index (χ4v) is 3.97. The van der Waals surface area contributed by atoms with Crippen LogP contribution < -0.4 is 5.14 Å². The van der Waals surface area contributed by atoms with Crippen LogP contribution in [-0.4, -0.2) is 62.8 Å². The summed E-state index contributed by atoms with van der Waals surface area (Å²) in [4.78, 5) is 23.0. The second kappa shape index (κ2) is 19.1. The number of thiocarbonyl (C=S) groups is 3. The number of hydrogen-bond acceptors (Lipinski definition) is 11. The second-order valence-electron chi connectivity index (χ2n) is 8.12. The van der Waals surface area contributed by atoms with E-state index in [-0.39, 0.29) is 10.7 Å². The van der Waals surface area contributed by atoms with Crippen LogP contribution in [0.1, 0.15) is 16.1 Å². The molecule has 0 atom stereocenters. The molecule has 0 radical (unpaired) electrons. The van der Waals surface area contributed by atoms with E-state index in [2.05, 4.69) is 74.6 Å². The van der Waals surface area contributed by atoms with Crippen LogP contribution in [0.15, 0.2) is 103 Å². The molecule has 13 heteroatoms. The van der Waals surface area contributed by atoms with E-state index < -0.39 is 16.0 Å². The number of fused-ring (bicyclic) bond motifs is 1. The van der Waals surface area contributed by atoms with E-state index in [9.17, 15) is 13.2 Å². The van der Waals surface area contributed by atoms with Crippen LogP contribution in [0.3, 0.4) is 0 Å². The van der Waals surface area contributed by atoms with Crippen molar-refractivity contribution in [3.63, 3.8) is 0 Å². The van der Waals surface area contributed by atoms with Gasteiger partial charge >= 0.3 is 5.97 Å². The molecule has 3 aromatic carbocycles. The highest BCUT2D eigenvalue weighted by Crippen LogP contribution is 2.20. The molecular formula is C30H28N4O5S4. The Hall–Kier alpha value is -4.14. The number of sulfonamides is 1. The van der Waals surface area contributed by atoms with Gasteiger partial charge in [0.05, 0.1) is 17.7 Å². The summed E-state index contributed by atoms with van der Waals surface area (Å²) in [5, 5.41) is 11.7. The Bertz CT molecular complexity index is 1710. The molecule has 43 heavy (non-hydrogen) atoms. The standard InChI is InChI=1S/C12H9NS.C10H12N2O2S2.C8H7NO3S/c14-8-7-13-12-6-5-10-3-1-2-4-11(10)9-12;11-16(13,14)10-3-1-9(2-4-10)5-6-12-7-8-15;1-11-8(10)6-2-3-7(12-6)9-4-5-13/h1-9H;1-4,7-8H,5-6H2,(H2,11,13,14);2-5H,1H3. The van der Waals surface area contributed by atoms with Crippen molar-refractivity contribution in [3.05, 3.63) is 90.2 Å². The number of carbonyl (C=O) groups is 1. The molecule has 0 aliphatic heterocycles. The molecule has 0 fully saturated rings. The minimum Gasteiger partial charge on any atom is -0.463 e. The van der Waals surface area contributed by atoms with Crippen LogP contribution in [0.5, 0.6) is 0 Å². The predicted octanol–water partition coefficient (Wildman–Crippen LogP) is 6.26. The predicted molar refractivity (Wildman–Crippen MR) is 186 cm³/mol. The van der Waals surface area contributed by atoms with Crippen LogP contribution in [0, 0.1) is 0 Å². The summed E-state index contributed by atoms with van der Waals surface area (Å²) in [6, 6.07) is 23.8. The van der Waals surface area contributed by atoms with Gasteiger partial charge in [-0.05, 0) is 53.1 Å². The first-order chi connectivity index (χ1) is 20.7. The third kappa shape index (κ3) is 13.1. The Morgan fingerprint density at radius 3 is 2.14 bits per heavy atom. The maximum atomic E-state index is 11.0. The van der Waals surface area contributed by atoms with Gasteiger partial charge in [-0.15, -0.1) is 0 Å². The summed E-state index contributed by atoms with van der Waals surface area (Å²) in [6.45, 7) is 0.627. The van der Waals surface area contributed by atoms with Gasteiger partial charge in [0.15, 0.2) is 0 Å². The number of furan rings is 1. The molecule has 4 aromatic rings. The third-order valence-electron chi connectivity index (χ3n) is 5.21. The molecule has 0 aliphatic rings. The highest BCUT2D eigenvalue weighted by molar-refractivity contribution is 7.89. The van der Waals surface area contributed by atoms with E-state index in [1.165, 1.54) is 58.4 Å². The largest absolute Gasteiger partial charge is 0.463 e. The molecule has 4 rings (SSSR count). The van der Waals surface area contributed by atoms with Crippen molar-refractivity contribution in [1.82, 2.24) is 0 Å². The summed E-state index contributed by atoms with van der Waals surface area (Å²) in [5.74, 6) is -0.0793. The maximum Gasteiger partial charge on any atom is 0.374 e. The van der Waals surface area contributed by atoms with Gasteiger partial charge in [0.1, 0.15) is 0 Å². The maximum absolute atomic E-state index is 11.0. The first kappa shape index (κ1) is 35.1. The Kier molecular flexibility index (Phi) is 15.6. The second-order valence-corrected chi connectivity index (χ2v) is 10.5. The molecule has 1 aromatic heterocycles. The Labute approximate surface area is 266 Å². The number of benzene rings is 3. The summed E-state index contributed by atoms with van der Waals surface area (Å²) >= 11 is 13.8. The molecule has 0 unspecified atom stereocenters. The molecule has 1 heterocycles. The normalized spacial score (nSPS) is 11.0. The Balaban J connectivity index is 0.000000226. The Morgan fingerprint density at radius 2 is 1.51 bits per heavy atom. The van der Waals surface area contributed by atoms with Gasteiger partial charge in [0, 0.05) is 47.4 Å². The number of methoxy groups -OCH3 is 1. The smallest absolute Gasteiger partial charge is 0.374 e. The number of esters is 1. The van der Waals surface area contributed by atoms with Crippen molar-refractivity contribution in [3.8, 4) is 0 Å². The highest BCUT2D eigenvalue weighted by Gasteiger charge is 2.09. The lowest BCUT2D eigenvalue weighted by Crippen LogP contribution is -2.11. The number of aliphatic imine (C=N–C) groups is 3. The van der Waals surface area contributed by atoms with Gasteiger partial charge in [-0.3, -0.25) is 9.98 Å². The van der Waals surface area contributed by atoms with Crippen LogP contribution in [-0.2, 0) is 21.2 Å². The molecule has 222 valence electrons. The summed E-state index contributed by atoms with van der Waals surface area (Å²) in [6.07, 6.45) is 5.33. The SMILES string of the molecule is COC(=O)c1ccc(N=CC=S)o1.NS(=O)(=O)c1ccc(CCN=CC=S)cc1.S=CC=Nc1ccc2ccccc2c1. The zero-order valence-electron chi connectivity index (χ0n) is 23.0. The number of rotatable bonds is 10. The van der Waals surface area contributed by atoms with E-state index in [0.29, 0.717) is 12.4 Å². The third-order valence-corrected chi connectivity index (χ3v) is 6.50. The van der Waals surface area contributed by atoms with Gasteiger partial charge in [-0.1, -0.05) is 79.1 Å². The number of carbonyl (C=O) groups excluding carboxylic acids is 1. The van der Waals surface area contributed by atoms with E-state index in [1.54, 1.807) is 30.6 Å². The van der Waals surface area contributed by atoms with Crippen LogP contribution in [0.25, 0.3) is 10.8 Å². The van der Waals surface area contributed by atoms with Gasteiger partial charge in [0.25, 0.3) is 0 Å². The lowest BCUT2D eigenvalue weighted by Gasteiger charge is -2.00. The summed E-state index contributed by atoms with van der Waals surface area (Å²) in [7, 11) is -2.31. The van der Waals surface area contributed by atoms with E-state index in [1.807, 2.05) is 24.3 Å². The van der Waals surface area contributed by atoms with Gasteiger partial charge < -0.3 is 9.15 Å². The van der Waals surface area contributed by atoms with E-state index in [0.717, 1.165) is 17.7 Å². The minimum atomic E-state index is -3.60. The molecule has 0 saturated carbocycles. The van der Waals surface area contributed by atoms with E-state index in [4.69, 9.17) is 9.56 Å². The molecule has 9 nitrogen and oxygen atoms in total. The van der Waals surface area contributed by atoms with Crippen molar-refractivity contribution in [2.24, 2.45) is 20.1 Å². The molecule has 0 saturated heterocycles. The van der Waals surface area contributed by atoms with Crippen molar-refractivity contribution in [1.29, 1.82) is 0 Å². The molecule has 0 amide bonds. The fourth-order valence-electron chi connectivity index (χ4n) is 3.24. The van der Waals surface area contributed by atoms with E-state index >= 15 is 0 Å². The lowest BCUT2D eigenvalue weighted by molar-refractivity contribution is 0.0566. The molecule has 0 aliphatic carbocycles. The van der Waals surface area contributed by atoms with Crippen LogP contribution in [0.4, 0.5) is 11.6 Å². The number of nitrogens with two attached hydrogens (primary N) is 1. The highest BCUT2D eigenvalue weighted by atomic mass is 32.2. The van der Waals surface area contributed by atoms with Crippen molar-refractivity contribution < 1.29 is 22.4 Å². The first-order valence-electron chi connectivity index (χ1n) is 12.4. The minimum absolute atomic E-state index is 0.124. The number of primary sulfonamides is 1. The number of hydrogen-bond donors (Lipinski definition) is 1. The zero-order chi connectivity index (χ0) is 31.5. The number of nitrogens with zero attached hydrogens (tertiary/aromatic N) is 3. The first-order valence-corrected chi connectivity index (χ1v) is 15.4.